The van der Waals surface area contributed by atoms with E-state index in [0.717, 1.165) is 39.0 Å². The first kappa shape index (κ1) is 19.7. The Kier molecular flexibility index (Phi) is 5.88. The second-order valence-corrected chi connectivity index (χ2v) is 7.20. The lowest BCUT2D eigenvalue weighted by Gasteiger charge is -2.23. The van der Waals surface area contributed by atoms with Gasteiger partial charge in [-0.15, -0.1) is 0 Å². The molecule has 28 heavy (non-hydrogen) atoms. The predicted molar refractivity (Wildman–Crippen MR) is 113 cm³/mol. The van der Waals surface area contributed by atoms with Gasteiger partial charge in [0, 0.05) is 19.2 Å². The van der Waals surface area contributed by atoms with Crippen molar-refractivity contribution in [1.82, 2.24) is 4.90 Å². The third-order valence-corrected chi connectivity index (χ3v) is 5.16. The second kappa shape index (κ2) is 8.34. The van der Waals surface area contributed by atoms with Crippen LogP contribution >= 0.6 is 0 Å². The fourth-order valence-corrected chi connectivity index (χ4v) is 3.48. The van der Waals surface area contributed by atoms with E-state index in [0.29, 0.717) is 6.54 Å². The maximum Gasteiger partial charge on any atom is 0.229 e. The van der Waals surface area contributed by atoms with Crippen molar-refractivity contribution in [3.8, 4) is 11.5 Å². The number of methoxy groups -OCH3 is 2. The van der Waals surface area contributed by atoms with Crippen LogP contribution in [-0.2, 0) is 11.3 Å². The molecule has 0 aliphatic rings. The Labute approximate surface area is 166 Å². The Hall–Kier alpha value is -3.01. The molecule has 1 amide bonds. The van der Waals surface area contributed by atoms with Crippen molar-refractivity contribution in [1.29, 1.82) is 0 Å². The molecule has 0 aliphatic carbocycles. The van der Waals surface area contributed by atoms with Crippen LogP contribution in [0.4, 0.5) is 0 Å². The third kappa shape index (κ3) is 4.11. The van der Waals surface area contributed by atoms with Gasteiger partial charge in [-0.05, 0) is 48.4 Å². The summed E-state index contributed by atoms with van der Waals surface area (Å²) < 4.78 is 10.7. The number of fused-ring (bicyclic) bond motifs is 1. The van der Waals surface area contributed by atoms with E-state index < -0.39 is 0 Å². The van der Waals surface area contributed by atoms with Gasteiger partial charge in [-0.25, -0.2) is 0 Å². The lowest BCUT2D eigenvalue weighted by molar-refractivity contribution is -0.131. The molecule has 3 aromatic carbocycles. The van der Waals surface area contributed by atoms with Crippen LogP contribution in [0.5, 0.6) is 11.5 Å². The maximum atomic E-state index is 13.0. The van der Waals surface area contributed by atoms with E-state index in [9.17, 15) is 4.79 Å². The number of likely N-dealkylation sites (N-methyl/N-ethyl adjacent to an activating group) is 1. The number of carbonyl (C=O) groups is 1. The van der Waals surface area contributed by atoms with Gasteiger partial charge >= 0.3 is 0 Å². The van der Waals surface area contributed by atoms with Crippen LogP contribution in [0.2, 0.25) is 0 Å². The molecule has 0 radical (unpaired) electrons. The molecule has 3 rings (SSSR count). The molecule has 1 atom stereocenters. The van der Waals surface area contributed by atoms with E-state index >= 15 is 0 Å². The molecule has 0 heterocycles. The number of hydrogen-bond acceptors (Lipinski definition) is 3. The largest absolute Gasteiger partial charge is 0.497 e. The highest BCUT2D eigenvalue weighted by Crippen LogP contribution is 2.27. The van der Waals surface area contributed by atoms with Gasteiger partial charge in [0.1, 0.15) is 11.5 Å². The summed E-state index contributed by atoms with van der Waals surface area (Å²) in [4.78, 5) is 14.8. The second-order valence-electron chi connectivity index (χ2n) is 7.20. The number of aryl methyl sites for hydroxylation is 1. The standard InChI is InChI=1S/C24H27NO3/c1-16-6-11-23(28-5)21(12-16)15-25(3)24(26)17(2)18-7-8-20-14-22(27-4)10-9-19(20)13-18/h6-14,17H,15H2,1-5H3/t17-/m0/s1. The highest BCUT2D eigenvalue weighted by atomic mass is 16.5. The third-order valence-electron chi connectivity index (χ3n) is 5.16. The Morgan fingerprint density at radius 3 is 2.39 bits per heavy atom. The van der Waals surface area contributed by atoms with Crippen molar-refractivity contribution in [2.45, 2.75) is 26.3 Å². The van der Waals surface area contributed by atoms with Crippen molar-refractivity contribution in [3.63, 3.8) is 0 Å². The van der Waals surface area contributed by atoms with E-state index in [4.69, 9.17) is 9.47 Å². The Bertz CT molecular complexity index is 996. The van der Waals surface area contributed by atoms with Crippen molar-refractivity contribution in [2.24, 2.45) is 0 Å². The van der Waals surface area contributed by atoms with E-state index in [-0.39, 0.29) is 11.8 Å². The molecule has 3 aromatic rings. The van der Waals surface area contributed by atoms with Gasteiger partial charge in [-0.2, -0.15) is 0 Å². The number of ether oxygens (including phenoxy) is 2. The van der Waals surface area contributed by atoms with E-state index in [1.54, 1.807) is 19.1 Å². The molecule has 0 bridgehead atoms. The van der Waals surface area contributed by atoms with E-state index in [2.05, 4.69) is 12.1 Å². The van der Waals surface area contributed by atoms with Crippen LogP contribution in [0.25, 0.3) is 10.8 Å². The zero-order chi connectivity index (χ0) is 20.3. The summed E-state index contributed by atoms with van der Waals surface area (Å²) in [6.07, 6.45) is 0. The van der Waals surface area contributed by atoms with Crippen LogP contribution in [0.15, 0.2) is 54.6 Å². The van der Waals surface area contributed by atoms with Crippen LogP contribution in [0, 0.1) is 6.92 Å². The molecule has 0 fully saturated rings. The maximum absolute atomic E-state index is 13.0. The highest BCUT2D eigenvalue weighted by Gasteiger charge is 2.21. The number of hydrogen-bond donors (Lipinski definition) is 0. The van der Waals surface area contributed by atoms with Gasteiger partial charge in [0.15, 0.2) is 0 Å². The van der Waals surface area contributed by atoms with Gasteiger partial charge < -0.3 is 14.4 Å². The number of rotatable bonds is 6. The SMILES string of the molecule is COc1ccc2cc([C@H](C)C(=O)N(C)Cc3cc(C)ccc3OC)ccc2c1. The molecule has 146 valence electrons. The van der Waals surface area contributed by atoms with E-state index in [1.807, 2.05) is 63.4 Å². The zero-order valence-corrected chi connectivity index (χ0v) is 17.2. The van der Waals surface area contributed by atoms with Gasteiger partial charge in [0.25, 0.3) is 0 Å². The van der Waals surface area contributed by atoms with Gasteiger partial charge in [0.2, 0.25) is 5.91 Å². The molecular weight excluding hydrogens is 350 g/mol. The zero-order valence-electron chi connectivity index (χ0n) is 17.2. The fourth-order valence-electron chi connectivity index (χ4n) is 3.48. The average molecular weight is 377 g/mol. The molecule has 4 heteroatoms. The topological polar surface area (TPSA) is 38.8 Å². The van der Waals surface area contributed by atoms with Crippen LogP contribution in [0.1, 0.15) is 29.5 Å². The van der Waals surface area contributed by atoms with Crippen molar-refractivity contribution < 1.29 is 14.3 Å². The molecule has 0 saturated heterocycles. The summed E-state index contributed by atoms with van der Waals surface area (Å²) >= 11 is 0. The summed E-state index contributed by atoms with van der Waals surface area (Å²) in [5.74, 6) is 1.48. The van der Waals surface area contributed by atoms with Gasteiger partial charge in [0.05, 0.1) is 20.1 Å². The number of carbonyl (C=O) groups excluding carboxylic acids is 1. The predicted octanol–water partition coefficient (Wildman–Crippen LogP) is 4.93. The minimum atomic E-state index is -0.229. The first-order valence-corrected chi connectivity index (χ1v) is 9.39. The normalized spacial score (nSPS) is 11.9. The summed E-state index contributed by atoms with van der Waals surface area (Å²) in [5.41, 5.74) is 3.16. The summed E-state index contributed by atoms with van der Waals surface area (Å²) in [5, 5.41) is 2.20. The summed E-state index contributed by atoms with van der Waals surface area (Å²) in [6.45, 7) is 4.51. The number of benzene rings is 3. The molecule has 0 saturated carbocycles. The Balaban J connectivity index is 1.80. The van der Waals surface area contributed by atoms with Crippen LogP contribution in [0.3, 0.4) is 0 Å². The highest BCUT2D eigenvalue weighted by molar-refractivity contribution is 5.88. The lowest BCUT2D eigenvalue weighted by atomic mass is 9.96. The van der Waals surface area contributed by atoms with Crippen molar-refractivity contribution in [3.05, 3.63) is 71.3 Å². The molecular formula is C24H27NO3. The Morgan fingerprint density at radius 1 is 0.964 bits per heavy atom. The molecule has 0 aromatic heterocycles. The number of nitrogens with zero attached hydrogens (tertiary/aromatic N) is 1. The van der Waals surface area contributed by atoms with Crippen molar-refractivity contribution in [2.75, 3.05) is 21.3 Å². The lowest BCUT2D eigenvalue weighted by Crippen LogP contribution is -2.30. The smallest absolute Gasteiger partial charge is 0.229 e. The summed E-state index contributed by atoms with van der Waals surface area (Å²) in [6, 6.07) is 18.1. The molecule has 0 spiro atoms. The molecule has 0 unspecified atom stereocenters. The molecule has 0 aliphatic heterocycles. The first-order chi connectivity index (χ1) is 13.4. The van der Waals surface area contributed by atoms with Crippen LogP contribution in [-0.4, -0.2) is 32.1 Å². The Morgan fingerprint density at radius 2 is 1.68 bits per heavy atom. The minimum Gasteiger partial charge on any atom is -0.497 e. The van der Waals surface area contributed by atoms with Crippen LogP contribution < -0.4 is 9.47 Å². The quantitative estimate of drug-likeness (QED) is 0.611. The average Bonchev–Trinajstić information content (AvgIpc) is 2.72. The monoisotopic (exact) mass is 377 g/mol. The van der Waals surface area contributed by atoms with E-state index in [1.165, 1.54) is 0 Å². The number of amides is 1. The molecule has 4 nitrogen and oxygen atoms in total. The fraction of sp³-hybridized carbons (Fsp3) is 0.292. The first-order valence-electron chi connectivity index (χ1n) is 9.39. The molecule has 0 N–H and O–H groups in total. The minimum absolute atomic E-state index is 0.0800. The summed E-state index contributed by atoms with van der Waals surface area (Å²) in [7, 11) is 5.16. The van der Waals surface area contributed by atoms with Gasteiger partial charge in [-0.1, -0.05) is 42.0 Å². The van der Waals surface area contributed by atoms with Crippen molar-refractivity contribution >= 4 is 16.7 Å². The van der Waals surface area contributed by atoms with Gasteiger partial charge in [-0.3, -0.25) is 4.79 Å².